The molecule has 1 heterocycles. The number of rotatable bonds is 6. The molecule has 0 radical (unpaired) electrons. The van der Waals surface area contributed by atoms with E-state index in [1.165, 1.54) is 12.1 Å². The Bertz CT molecular complexity index is 1460. The SMILES string of the molecule is CC(C)(C)c1ccc(S(=O)(=O)N(CC(=O)O)c2ccccc2-c2ccc3ncccc3c2)cc1. The number of carbonyl (C=O) groups is 1. The van der Waals surface area contributed by atoms with Crippen LogP contribution in [0.3, 0.4) is 0 Å². The number of hydrogen-bond donors (Lipinski definition) is 1. The highest BCUT2D eigenvalue weighted by Gasteiger charge is 2.29. The Labute approximate surface area is 199 Å². The zero-order valence-corrected chi connectivity index (χ0v) is 20.1. The summed E-state index contributed by atoms with van der Waals surface area (Å²) in [7, 11) is -4.14. The van der Waals surface area contributed by atoms with Gasteiger partial charge in [0.25, 0.3) is 10.0 Å². The van der Waals surface area contributed by atoms with Crippen LogP contribution < -0.4 is 4.31 Å². The molecule has 3 aromatic carbocycles. The summed E-state index contributed by atoms with van der Waals surface area (Å²) in [6.07, 6.45) is 1.71. The van der Waals surface area contributed by atoms with Gasteiger partial charge < -0.3 is 5.11 Å². The van der Waals surface area contributed by atoms with Crippen LogP contribution in [0.4, 0.5) is 5.69 Å². The summed E-state index contributed by atoms with van der Waals surface area (Å²) in [6.45, 7) is 5.43. The van der Waals surface area contributed by atoms with Crippen LogP contribution in [0.5, 0.6) is 0 Å². The van der Waals surface area contributed by atoms with Gasteiger partial charge in [-0.2, -0.15) is 0 Å². The van der Waals surface area contributed by atoms with Gasteiger partial charge in [-0.25, -0.2) is 8.42 Å². The van der Waals surface area contributed by atoms with Gasteiger partial charge in [-0.05, 0) is 52.9 Å². The molecule has 174 valence electrons. The third kappa shape index (κ3) is 4.65. The largest absolute Gasteiger partial charge is 0.480 e. The van der Waals surface area contributed by atoms with Crippen molar-refractivity contribution in [2.45, 2.75) is 31.1 Å². The van der Waals surface area contributed by atoms with Gasteiger partial charge in [0, 0.05) is 17.1 Å². The molecule has 4 rings (SSSR count). The topological polar surface area (TPSA) is 87.6 Å². The number of anilines is 1. The molecule has 0 unspecified atom stereocenters. The van der Waals surface area contributed by atoms with Crippen molar-refractivity contribution < 1.29 is 18.3 Å². The molecule has 4 aromatic rings. The monoisotopic (exact) mass is 474 g/mol. The lowest BCUT2D eigenvalue weighted by Gasteiger charge is -2.26. The first-order chi connectivity index (χ1) is 16.1. The molecule has 1 aromatic heterocycles. The van der Waals surface area contributed by atoms with Gasteiger partial charge in [-0.15, -0.1) is 0 Å². The number of fused-ring (bicyclic) bond motifs is 1. The van der Waals surface area contributed by atoms with Gasteiger partial charge in [0.2, 0.25) is 0 Å². The molecule has 7 heteroatoms. The minimum atomic E-state index is -4.14. The molecule has 0 spiro atoms. The van der Waals surface area contributed by atoms with E-state index in [9.17, 15) is 18.3 Å². The van der Waals surface area contributed by atoms with Crippen molar-refractivity contribution >= 4 is 32.6 Å². The van der Waals surface area contributed by atoms with Crippen LogP contribution in [0.15, 0.2) is 90.0 Å². The summed E-state index contributed by atoms with van der Waals surface area (Å²) in [4.78, 5) is 16.1. The highest BCUT2D eigenvalue weighted by Crippen LogP contribution is 2.35. The number of sulfonamides is 1. The van der Waals surface area contributed by atoms with Gasteiger partial charge in [0.1, 0.15) is 6.54 Å². The van der Waals surface area contributed by atoms with Crippen molar-refractivity contribution in [3.05, 3.63) is 90.6 Å². The quantitative estimate of drug-likeness (QED) is 0.400. The zero-order valence-electron chi connectivity index (χ0n) is 19.3. The Hall–Kier alpha value is -3.71. The maximum absolute atomic E-state index is 13.7. The Morgan fingerprint density at radius 3 is 2.32 bits per heavy atom. The average Bonchev–Trinajstić information content (AvgIpc) is 2.81. The highest BCUT2D eigenvalue weighted by atomic mass is 32.2. The molecule has 0 saturated carbocycles. The van der Waals surface area contributed by atoms with Crippen LogP contribution in [-0.4, -0.2) is 31.0 Å². The van der Waals surface area contributed by atoms with E-state index >= 15 is 0 Å². The fraction of sp³-hybridized carbons (Fsp3) is 0.185. The van der Waals surface area contributed by atoms with Gasteiger partial charge in [0.05, 0.1) is 16.1 Å². The highest BCUT2D eigenvalue weighted by molar-refractivity contribution is 7.92. The van der Waals surface area contributed by atoms with E-state index in [2.05, 4.69) is 4.98 Å². The average molecular weight is 475 g/mol. The fourth-order valence-corrected chi connectivity index (χ4v) is 5.29. The van der Waals surface area contributed by atoms with Gasteiger partial charge >= 0.3 is 5.97 Å². The second-order valence-corrected chi connectivity index (χ2v) is 11.0. The van der Waals surface area contributed by atoms with Crippen molar-refractivity contribution in [2.24, 2.45) is 0 Å². The molecule has 6 nitrogen and oxygen atoms in total. The Kier molecular flexibility index (Phi) is 6.15. The van der Waals surface area contributed by atoms with E-state index in [1.807, 2.05) is 51.1 Å². The number of aromatic nitrogens is 1. The summed E-state index contributed by atoms with van der Waals surface area (Å²) >= 11 is 0. The predicted molar refractivity (Wildman–Crippen MR) is 134 cm³/mol. The van der Waals surface area contributed by atoms with Crippen LogP contribution in [0.1, 0.15) is 26.3 Å². The number of carboxylic acid groups (broad SMARTS) is 1. The number of benzene rings is 3. The molecule has 0 bridgehead atoms. The molecule has 0 aliphatic heterocycles. The van der Waals surface area contributed by atoms with Crippen LogP contribution in [0.25, 0.3) is 22.0 Å². The summed E-state index contributed by atoms with van der Waals surface area (Å²) in [5.41, 5.74) is 3.35. The first-order valence-corrected chi connectivity index (χ1v) is 12.3. The fourth-order valence-electron chi connectivity index (χ4n) is 3.86. The van der Waals surface area contributed by atoms with E-state index in [-0.39, 0.29) is 10.3 Å². The Morgan fingerprint density at radius 2 is 1.65 bits per heavy atom. The van der Waals surface area contributed by atoms with E-state index in [1.54, 1.807) is 42.6 Å². The molecule has 0 fully saturated rings. The van der Waals surface area contributed by atoms with Crippen LogP contribution in [0.2, 0.25) is 0 Å². The van der Waals surface area contributed by atoms with Crippen molar-refractivity contribution in [3.8, 4) is 11.1 Å². The minimum Gasteiger partial charge on any atom is -0.480 e. The summed E-state index contributed by atoms with van der Waals surface area (Å²) in [5, 5.41) is 10.5. The maximum atomic E-state index is 13.7. The van der Waals surface area contributed by atoms with E-state index in [0.717, 1.165) is 26.3 Å². The molecular formula is C27H26N2O4S. The first-order valence-electron chi connectivity index (χ1n) is 10.9. The van der Waals surface area contributed by atoms with E-state index in [0.29, 0.717) is 11.3 Å². The molecule has 0 aliphatic carbocycles. The second kappa shape index (κ2) is 8.91. The summed E-state index contributed by atoms with van der Waals surface area (Å²) in [6, 6.07) is 23.0. The normalized spacial score (nSPS) is 12.0. The molecule has 0 saturated heterocycles. The Morgan fingerprint density at radius 1 is 0.941 bits per heavy atom. The van der Waals surface area contributed by atoms with E-state index in [4.69, 9.17) is 0 Å². The van der Waals surface area contributed by atoms with Crippen LogP contribution in [-0.2, 0) is 20.2 Å². The van der Waals surface area contributed by atoms with Crippen molar-refractivity contribution in [1.29, 1.82) is 0 Å². The van der Waals surface area contributed by atoms with Crippen molar-refractivity contribution in [1.82, 2.24) is 4.98 Å². The molecule has 0 amide bonds. The summed E-state index contributed by atoms with van der Waals surface area (Å²) < 4.78 is 28.3. The minimum absolute atomic E-state index is 0.0410. The van der Waals surface area contributed by atoms with Crippen molar-refractivity contribution in [2.75, 3.05) is 10.8 Å². The Balaban J connectivity index is 1.84. The third-order valence-corrected chi connectivity index (χ3v) is 7.45. The van der Waals surface area contributed by atoms with Crippen molar-refractivity contribution in [3.63, 3.8) is 0 Å². The standard InChI is InChI=1S/C27H26N2O4S/c1-27(2,3)21-11-13-22(14-12-21)34(32,33)29(18-26(30)31)25-9-5-4-8-23(25)19-10-15-24-20(17-19)7-6-16-28-24/h4-17H,18H2,1-3H3,(H,30,31). The number of para-hydroxylation sites is 1. The van der Waals surface area contributed by atoms with Crippen LogP contribution >= 0.6 is 0 Å². The molecule has 1 N–H and O–H groups in total. The number of hydrogen-bond acceptors (Lipinski definition) is 4. The lowest BCUT2D eigenvalue weighted by Crippen LogP contribution is -2.36. The number of pyridine rings is 1. The number of carboxylic acids is 1. The zero-order chi connectivity index (χ0) is 24.5. The molecule has 34 heavy (non-hydrogen) atoms. The lowest BCUT2D eigenvalue weighted by molar-refractivity contribution is -0.135. The third-order valence-electron chi connectivity index (χ3n) is 5.67. The van der Waals surface area contributed by atoms with E-state index < -0.39 is 22.5 Å². The number of nitrogens with zero attached hydrogens (tertiary/aromatic N) is 2. The predicted octanol–water partition coefficient (Wildman–Crippen LogP) is 5.48. The van der Waals surface area contributed by atoms with Gasteiger partial charge in [-0.3, -0.25) is 14.1 Å². The second-order valence-electron chi connectivity index (χ2n) is 9.11. The lowest BCUT2D eigenvalue weighted by atomic mass is 9.87. The van der Waals surface area contributed by atoms with Gasteiger partial charge in [0.15, 0.2) is 0 Å². The maximum Gasteiger partial charge on any atom is 0.324 e. The first kappa shape index (κ1) is 23.4. The number of aliphatic carboxylic acids is 1. The molecule has 0 aliphatic rings. The van der Waals surface area contributed by atoms with Gasteiger partial charge in [-0.1, -0.05) is 63.2 Å². The molecular weight excluding hydrogens is 448 g/mol. The smallest absolute Gasteiger partial charge is 0.324 e. The molecule has 0 atom stereocenters. The van der Waals surface area contributed by atoms with Crippen LogP contribution in [0, 0.1) is 0 Å². The summed E-state index contributed by atoms with van der Waals surface area (Å²) in [5.74, 6) is -1.24.